The molecule has 4 heteroatoms. The van der Waals surface area contributed by atoms with E-state index in [2.05, 4.69) is 0 Å². The van der Waals surface area contributed by atoms with Gasteiger partial charge in [-0.15, -0.1) is 0 Å². The number of aryl methyl sites for hydroxylation is 1. The van der Waals surface area contributed by atoms with Crippen LogP contribution in [0.15, 0.2) is 12.1 Å². The van der Waals surface area contributed by atoms with Gasteiger partial charge in [0, 0.05) is 12.7 Å². The first-order valence-corrected chi connectivity index (χ1v) is 4.77. The topological polar surface area (TPSA) is 58.9 Å². The van der Waals surface area contributed by atoms with E-state index in [1.165, 1.54) is 13.2 Å². The Morgan fingerprint density at radius 2 is 1.80 bits per heavy atom. The third-order valence-corrected chi connectivity index (χ3v) is 2.19. The van der Waals surface area contributed by atoms with Crippen LogP contribution in [0, 0.1) is 0 Å². The van der Waals surface area contributed by atoms with Gasteiger partial charge in [0.2, 0.25) is 0 Å². The molecule has 15 heavy (non-hydrogen) atoms. The maximum Gasteiger partial charge on any atom is 0.161 e. The zero-order valence-corrected chi connectivity index (χ0v) is 8.99. The number of rotatable bonds is 5. The smallest absolute Gasteiger partial charge is 0.161 e. The molecule has 0 aliphatic carbocycles. The maximum absolute atomic E-state index is 9.52. The van der Waals surface area contributed by atoms with E-state index >= 15 is 0 Å². The lowest BCUT2D eigenvalue weighted by Gasteiger charge is -2.11. The van der Waals surface area contributed by atoms with E-state index in [1.54, 1.807) is 13.2 Å². The summed E-state index contributed by atoms with van der Waals surface area (Å²) in [6, 6.07) is 3.25. The summed E-state index contributed by atoms with van der Waals surface area (Å²) in [5, 5.41) is 18.3. The van der Waals surface area contributed by atoms with Crippen molar-refractivity contribution in [2.24, 2.45) is 0 Å². The number of aromatic hydroxyl groups is 1. The van der Waals surface area contributed by atoms with E-state index < -0.39 is 0 Å². The Balaban J connectivity index is 2.99. The monoisotopic (exact) mass is 212 g/mol. The minimum Gasteiger partial charge on any atom is -0.504 e. The highest BCUT2D eigenvalue weighted by molar-refractivity contribution is 5.49. The van der Waals surface area contributed by atoms with Crippen LogP contribution in [-0.4, -0.2) is 31.0 Å². The van der Waals surface area contributed by atoms with Gasteiger partial charge in [0.15, 0.2) is 11.5 Å². The van der Waals surface area contributed by atoms with Crippen molar-refractivity contribution in [2.75, 3.05) is 20.8 Å². The highest BCUT2D eigenvalue weighted by atomic mass is 16.5. The van der Waals surface area contributed by atoms with Crippen LogP contribution in [0.5, 0.6) is 17.2 Å². The van der Waals surface area contributed by atoms with Crippen molar-refractivity contribution in [3.63, 3.8) is 0 Å². The van der Waals surface area contributed by atoms with Gasteiger partial charge < -0.3 is 19.7 Å². The normalized spacial score (nSPS) is 10.1. The molecule has 0 unspecified atom stereocenters. The molecule has 0 bridgehead atoms. The molecule has 2 N–H and O–H groups in total. The van der Waals surface area contributed by atoms with Crippen molar-refractivity contribution >= 4 is 0 Å². The van der Waals surface area contributed by atoms with E-state index in [0.717, 1.165) is 5.56 Å². The fourth-order valence-electron chi connectivity index (χ4n) is 1.41. The van der Waals surface area contributed by atoms with Crippen LogP contribution in [0.25, 0.3) is 0 Å². The number of aliphatic hydroxyl groups excluding tert-OH is 1. The third kappa shape index (κ3) is 2.76. The first kappa shape index (κ1) is 11.7. The molecule has 0 aromatic heterocycles. The minimum atomic E-state index is 0.0575. The molecule has 0 saturated carbocycles. The Bertz CT molecular complexity index is 323. The van der Waals surface area contributed by atoms with Crippen LogP contribution >= 0.6 is 0 Å². The van der Waals surface area contributed by atoms with Crippen LogP contribution in [-0.2, 0) is 6.42 Å². The maximum atomic E-state index is 9.52. The summed E-state index contributed by atoms with van der Waals surface area (Å²) in [6.07, 6.45) is 1.35. The minimum absolute atomic E-state index is 0.0575. The largest absolute Gasteiger partial charge is 0.504 e. The van der Waals surface area contributed by atoms with Crippen LogP contribution in [0.4, 0.5) is 0 Å². The number of aliphatic hydroxyl groups is 1. The standard InChI is InChI=1S/C11H16O4/c1-14-10-7-9(13)11(15-2)6-8(10)4-3-5-12/h6-7,12-13H,3-5H2,1-2H3. The SMILES string of the molecule is COc1cc(CCCO)c(OC)cc1O. The predicted molar refractivity (Wildman–Crippen MR) is 56.6 cm³/mol. The summed E-state index contributed by atoms with van der Waals surface area (Å²) in [7, 11) is 3.04. The molecule has 0 atom stereocenters. The second-order valence-corrected chi connectivity index (χ2v) is 3.16. The lowest BCUT2D eigenvalue weighted by molar-refractivity contribution is 0.287. The molecular formula is C11H16O4. The zero-order chi connectivity index (χ0) is 11.3. The van der Waals surface area contributed by atoms with E-state index in [0.29, 0.717) is 24.3 Å². The molecule has 1 aromatic rings. The molecule has 0 aliphatic rings. The average Bonchev–Trinajstić information content (AvgIpc) is 2.26. The average molecular weight is 212 g/mol. The van der Waals surface area contributed by atoms with Crippen LogP contribution in [0.2, 0.25) is 0 Å². The van der Waals surface area contributed by atoms with Gasteiger partial charge in [-0.1, -0.05) is 0 Å². The van der Waals surface area contributed by atoms with E-state index in [4.69, 9.17) is 14.6 Å². The molecule has 0 saturated heterocycles. The summed E-state index contributed by atoms with van der Waals surface area (Å²) in [6.45, 7) is 0.131. The van der Waals surface area contributed by atoms with Gasteiger partial charge in [-0.3, -0.25) is 0 Å². The van der Waals surface area contributed by atoms with Gasteiger partial charge in [-0.05, 0) is 24.5 Å². The first-order valence-electron chi connectivity index (χ1n) is 4.77. The number of phenols is 1. The summed E-state index contributed by atoms with van der Waals surface area (Å²) in [5.74, 6) is 1.09. The molecule has 0 radical (unpaired) electrons. The third-order valence-electron chi connectivity index (χ3n) is 2.19. The summed E-state index contributed by atoms with van der Waals surface area (Å²) in [5.41, 5.74) is 0.918. The Morgan fingerprint density at radius 1 is 1.13 bits per heavy atom. The van der Waals surface area contributed by atoms with Gasteiger partial charge in [0.25, 0.3) is 0 Å². The Hall–Kier alpha value is -1.42. The number of ether oxygens (including phenoxy) is 2. The second-order valence-electron chi connectivity index (χ2n) is 3.16. The highest BCUT2D eigenvalue weighted by Crippen LogP contribution is 2.34. The lowest BCUT2D eigenvalue weighted by atomic mass is 10.1. The Kier molecular flexibility index (Phi) is 4.24. The summed E-state index contributed by atoms with van der Waals surface area (Å²) in [4.78, 5) is 0. The predicted octanol–water partition coefficient (Wildman–Crippen LogP) is 1.33. The van der Waals surface area contributed by atoms with Gasteiger partial charge >= 0.3 is 0 Å². The molecular weight excluding hydrogens is 196 g/mol. The molecule has 1 aromatic carbocycles. The molecule has 4 nitrogen and oxygen atoms in total. The molecule has 0 amide bonds. The summed E-state index contributed by atoms with van der Waals surface area (Å²) >= 11 is 0. The lowest BCUT2D eigenvalue weighted by Crippen LogP contribution is -1.96. The van der Waals surface area contributed by atoms with Gasteiger partial charge in [0.1, 0.15) is 5.75 Å². The van der Waals surface area contributed by atoms with Crippen molar-refractivity contribution in [1.82, 2.24) is 0 Å². The van der Waals surface area contributed by atoms with Crippen molar-refractivity contribution < 1.29 is 19.7 Å². The summed E-state index contributed by atoms with van der Waals surface area (Å²) < 4.78 is 10.1. The fourth-order valence-corrected chi connectivity index (χ4v) is 1.41. The Labute approximate surface area is 89.1 Å². The van der Waals surface area contributed by atoms with E-state index in [-0.39, 0.29) is 12.4 Å². The van der Waals surface area contributed by atoms with Crippen LogP contribution in [0.3, 0.4) is 0 Å². The molecule has 0 heterocycles. The van der Waals surface area contributed by atoms with E-state index in [9.17, 15) is 5.11 Å². The zero-order valence-electron chi connectivity index (χ0n) is 8.99. The number of benzene rings is 1. The number of hydrogen-bond acceptors (Lipinski definition) is 4. The molecule has 1 rings (SSSR count). The number of methoxy groups -OCH3 is 2. The van der Waals surface area contributed by atoms with Crippen LogP contribution < -0.4 is 9.47 Å². The van der Waals surface area contributed by atoms with Crippen molar-refractivity contribution in [3.05, 3.63) is 17.7 Å². The molecule has 0 spiro atoms. The molecule has 0 fully saturated rings. The van der Waals surface area contributed by atoms with Gasteiger partial charge in [-0.2, -0.15) is 0 Å². The first-order chi connectivity index (χ1) is 7.22. The second kappa shape index (κ2) is 5.46. The Morgan fingerprint density at radius 3 is 2.33 bits per heavy atom. The fraction of sp³-hybridized carbons (Fsp3) is 0.455. The van der Waals surface area contributed by atoms with Crippen molar-refractivity contribution in [3.8, 4) is 17.2 Å². The quantitative estimate of drug-likeness (QED) is 0.773. The van der Waals surface area contributed by atoms with Gasteiger partial charge in [-0.25, -0.2) is 0 Å². The van der Waals surface area contributed by atoms with E-state index in [1.807, 2.05) is 0 Å². The van der Waals surface area contributed by atoms with Gasteiger partial charge in [0.05, 0.1) is 14.2 Å². The highest BCUT2D eigenvalue weighted by Gasteiger charge is 2.09. The molecule has 0 aliphatic heterocycles. The number of phenolic OH excluding ortho intramolecular Hbond substituents is 1. The van der Waals surface area contributed by atoms with Crippen molar-refractivity contribution in [1.29, 1.82) is 0 Å². The van der Waals surface area contributed by atoms with Crippen molar-refractivity contribution in [2.45, 2.75) is 12.8 Å². The van der Waals surface area contributed by atoms with Crippen LogP contribution in [0.1, 0.15) is 12.0 Å². The number of hydrogen-bond donors (Lipinski definition) is 2. The molecule has 84 valence electrons.